The maximum absolute atomic E-state index is 10.8. The predicted octanol–water partition coefficient (Wildman–Crippen LogP) is 4.17. The first kappa shape index (κ1) is 14.0. The van der Waals surface area contributed by atoms with Gasteiger partial charge in [0.25, 0.3) is 5.69 Å². The van der Waals surface area contributed by atoms with Crippen LogP contribution in [0.4, 0.5) is 5.69 Å². The minimum absolute atomic E-state index is 0.0723. The Hall–Kier alpha value is -1.91. The lowest BCUT2D eigenvalue weighted by atomic mass is 10.0. The van der Waals surface area contributed by atoms with Crippen molar-refractivity contribution < 1.29 is 4.92 Å². The largest absolute Gasteiger partial charge is 0.310 e. The number of nitro benzene ring substituents is 1. The van der Waals surface area contributed by atoms with Gasteiger partial charge in [-0.05, 0) is 30.0 Å². The average molecular weight is 303 g/mol. The van der Waals surface area contributed by atoms with Crippen LogP contribution in [0.3, 0.4) is 0 Å². The third-order valence-electron chi connectivity index (χ3n) is 3.57. The third kappa shape index (κ3) is 3.40. The number of nitro groups is 1. The quantitative estimate of drug-likeness (QED) is 0.666. The van der Waals surface area contributed by atoms with Crippen molar-refractivity contribution in [3.05, 3.63) is 63.2 Å². The maximum atomic E-state index is 10.8. The first-order valence-corrected chi connectivity index (χ1v) is 7.28. The molecule has 0 aliphatic heterocycles. The first-order chi connectivity index (χ1) is 10.1. The fraction of sp³-hybridized carbons (Fsp3) is 0.250. The molecular weight excluding hydrogens is 288 g/mol. The lowest BCUT2D eigenvalue weighted by Crippen LogP contribution is -2.15. The van der Waals surface area contributed by atoms with Crippen LogP contribution in [0.15, 0.2) is 42.5 Å². The molecule has 0 spiro atoms. The van der Waals surface area contributed by atoms with Crippen molar-refractivity contribution >= 4 is 17.3 Å². The van der Waals surface area contributed by atoms with E-state index in [2.05, 4.69) is 5.32 Å². The normalized spacial score (nSPS) is 14.1. The highest BCUT2D eigenvalue weighted by atomic mass is 35.5. The summed E-state index contributed by atoms with van der Waals surface area (Å²) in [4.78, 5) is 10.4. The molecule has 0 bridgehead atoms. The molecule has 2 aromatic carbocycles. The summed E-state index contributed by atoms with van der Waals surface area (Å²) >= 11 is 6.33. The second-order valence-corrected chi connectivity index (χ2v) is 5.68. The van der Waals surface area contributed by atoms with E-state index in [1.807, 2.05) is 24.3 Å². The van der Waals surface area contributed by atoms with E-state index in [0.717, 1.165) is 23.2 Å². The van der Waals surface area contributed by atoms with Gasteiger partial charge in [0.2, 0.25) is 0 Å². The van der Waals surface area contributed by atoms with Crippen molar-refractivity contribution in [1.29, 1.82) is 0 Å². The summed E-state index contributed by atoms with van der Waals surface area (Å²) in [5.74, 6) is 0. The van der Waals surface area contributed by atoms with E-state index in [0.29, 0.717) is 11.1 Å². The summed E-state index contributed by atoms with van der Waals surface area (Å²) in [5, 5.41) is 14.9. The summed E-state index contributed by atoms with van der Waals surface area (Å²) in [7, 11) is 0. The number of halogens is 1. The van der Waals surface area contributed by atoms with E-state index in [-0.39, 0.29) is 5.69 Å². The van der Waals surface area contributed by atoms with E-state index in [1.54, 1.807) is 12.1 Å². The molecule has 3 rings (SSSR count). The number of non-ortho nitro benzene ring substituents is 1. The van der Waals surface area contributed by atoms with E-state index in [1.165, 1.54) is 18.9 Å². The van der Waals surface area contributed by atoms with Crippen molar-refractivity contribution in [2.45, 2.75) is 25.4 Å². The SMILES string of the molecule is O=[N+]([O-])c1cccc(-c2ccc(CNC3CC3)cc2Cl)c1. The molecule has 1 fully saturated rings. The van der Waals surface area contributed by atoms with Gasteiger partial charge in [-0.2, -0.15) is 0 Å². The van der Waals surface area contributed by atoms with Crippen LogP contribution in [-0.4, -0.2) is 11.0 Å². The van der Waals surface area contributed by atoms with Gasteiger partial charge in [-0.3, -0.25) is 10.1 Å². The summed E-state index contributed by atoms with van der Waals surface area (Å²) in [6.45, 7) is 0.805. The Morgan fingerprint density at radius 2 is 2.05 bits per heavy atom. The van der Waals surface area contributed by atoms with Crippen molar-refractivity contribution in [2.75, 3.05) is 0 Å². The molecule has 5 heteroatoms. The fourth-order valence-corrected chi connectivity index (χ4v) is 2.55. The Bertz CT molecular complexity index is 684. The number of hydrogen-bond acceptors (Lipinski definition) is 3. The van der Waals surface area contributed by atoms with Crippen LogP contribution < -0.4 is 5.32 Å². The lowest BCUT2D eigenvalue weighted by Gasteiger charge is -2.08. The third-order valence-corrected chi connectivity index (χ3v) is 3.89. The number of nitrogens with zero attached hydrogens (tertiary/aromatic N) is 1. The zero-order chi connectivity index (χ0) is 14.8. The van der Waals surface area contributed by atoms with Crippen molar-refractivity contribution in [3.63, 3.8) is 0 Å². The van der Waals surface area contributed by atoms with Crippen LogP contribution in [0.25, 0.3) is 11.1 Å². The summed E-state index contributed by atoms with van der Waals surface area (Å²) in [6.07, 6.45) is 2.50. The number of rotatable bonds is 5. The highest BCUT2D eigenvalue weighted by Crippen LogP contribution is 2.31. The van der Waals surface area contributed by atoms with Crippen LogP contribution in [0.1, 0.15) is 18.4 Å². The van der Waals surface area contributed by atoms with Crippen LogP contribution in [-0.2, 0) is 6.54 Å². The number of hydrogen-bond donors (Lipinski definition) is 1. The Morgan fingerprint density at radius 3 is 2.71 bits per heavy atom. The molecule has 0 amide bonds. The molecule has 1 aliphatic rings. The molecule has 0 atom stereocenters. The molecule has 0 heterocycles. The molecule has 21 heavy (non-hydrogen) atoms. The zero-order valence-corrected chi connectivity index (χ0v) is 12.1. The van der Waals surface area contributed by atoms with Gasteiger partial charge in [0.15, 0.2) is 0 Å². The molecule has 0 saturated heterocycles. The summed E-state index contributed by atoms with van der Waals surface area (Å²) in [5.41, 5.74) is 2.77. The average Bonchev–Trinajstić information content (AvgIpc) is 3.29. The van der Waals surface area contributed by atoms with Gasteiger partial charge >= 0.3 is 0 Å². The van der Waals surface area contributed by atoms with Gasteiger partial charge in [-0.15, -0.1) is 0 Å². The second-order valence-electron chi connectivity index (χ2n) is 5.28. The second kappa shape index (κ2) is 5.84. The monoisotopic (exact) mass is 302 g/mol. The highest BCUT2D eigenvalue weighted by Gasteiger charge is 2.20. The van der Waals surface area contributed by atoms with Gasteiger partial charge < -0.3 is 5.32 Å². The molecule has 0 aromatic heterocycles. The summed E-state index contributed by atoms with van der Waals surface area (Å²) in [6, 6.07) is 13.0. The lowest BCUT2D eigenvalue weighted by molar-refractivity contribution is -0.384. The van der Waals surface area contributed by atoms with E-state index >= 15 is 0 Å². The Labute approximate surface area is 127 Å². The zero-order valence-electron chi connectivity index (χ0n) is 11.4. The van der Waals surface area contributed by atoms with Crippen molar-refractivity contribution in [3.8, 4) is 11.1 Å². The minimum Gasteiger partial charge on any atom is -0.310 e. The smallest absolute Gasteiger partial charge is 0.270 e. The Morgan fingerprint density at radius 1 is 1.24 bits per heavy atom. The highest BCUT2D eigenvalue weighted by molar-refractivity contribution is 6.33. The first-order valence-electron chi connectivity index (χ1n) is 6.90. The number of benzene rings is 2. The molecule has 0 unspecified atom stereocenters. The van der Waals surface area contributed by atoms with Gasteiger partial charge in [-0.25, -0.2) is 0 Å². The van der Waals surface area contributed by atoms with Gasteiger partial charge in [0, 0.05) is 35.3 Å². The van der Waals surface area contributed by atoms with E-state index < -0.39 is 4.92 Å². The van der Waals surface area contributed by atoms with Crippen molar-refractivity contribution in [1.82, 2.24) is 5.32 Å². The van der Waals surface area contributed by atoms with Crippen molar-refractivity contribution in [2.24, 2.45) is 0 Å². The van der Waals surface area contributed by atoms with E-state index in [4.69, 9.17) is 11.6 Å². The predicted molar refractivity (Wildman–Crippen MR) is 83.4 cm³/mol. The van der Waals surface area contributed by atoms with Crippen LogP contribution >= 0.6 is 11.6 Å². The Kier molecular flexibility index (Phi) is 3.90. The van der Waals surface area contributed by atoms with E-state index in [9.17, 15) is 10.1 Å². The topological polar surface area (TPSA) is 55.2 Å². The molecular formula is C16H15ClN2O2. The number of nitrogens with one attached hydrogen (secondary N) is 1. The standard InChI is InChI=1S/C16H15ClN2O2/c17-16-8-11(10-18-13-5-6-13)4-7-15(16)12-2-1-3-14(9-12)19(20)21/h1-4,7-9,13,18H,5-6,10H2. The summed E-state index contributed by atoms with van der Waals surface area (Å²) < 4.78 is 0. The molecule has 2 aromatic rings. The van der Waals surface area contributed by atoms with Gasteiger partial charge in [-0.1, -0.05) is 35.9 Å². The molecule has 1 aliphatic carbocycles. The molecule has 1 saturated carbocycles. The minimum atomic E-state index is -0.397. The molecule has 1 N–H and O–H groups in total. The van der Waals surface area contributed by atoms with Crippen LogP contribution in [0.2, 0.25) is 5.02 Å². The van der Waals surface area contributed by atoms with Gasteiger partial charge in [0.05, 0.1) is 4.92 Å². The Balaban J connectivity index is 1.84. The maximum Gasteiger partial charge on any atom is 0.270 e. The fourth-order valence-electron chi connectivity index (χ4n) is 2.24. The molecule has 0 radical (unpaired) electrons. The van der Waals surface area contributed by atoms with Crippen LogP contribution in [0.5, 0.6) is 0 Å². The van der Waals surface area contributed by atoms with Gasteiger partial charge in [0.1, 0.15) is 0 Å². The molecule has 4 nitrogen and oxygen atoms in total. The molecule has 108 valence electrons. The van der Waals surface area contributed by atoms with Crippen LogP contribution in [0, 0.1) is 10.1 Å².